The molecule has 4 saturated carbocycles. The molecule has 1 saturated heterocycles. The number of hydrogen-bond donors (Lipinski definition) is 2. The number of carbonyl (C=O) groups is 1. The Kier molecular flexibility index (Phi) is 4.52. The van der Waals surface area contributed by atoms with Gasteiger partial charge in [0.15, 0.2) is 5.69 Å². The number of nitrogens with zero attached hydrogens (tertiary/aromatic N) is 3. The van der Waals surface area contributed by atoms with E-state index in [-0.39, 0.29) is 23.9 Å². The van der Waals surface area contributed by atoms with Crippen LogP contribution in [0.25, 0.3) is 0 Å². The van der Waals surface area contributed by atoms with Crippen molar-refractivity contribution < 1.29 is 4.79 Å². The minimum atomic E-state index is -0.0165. The summed E-state index contributed by atoms with van der Waals surface area (Å²) in [5, 5.41) is 15.2. The maximum atomic E-state index is 12.8. The van der Waals surface area contributed by atoms with Crippen LogP contribution in [-0.4, -0.2) is 39.5 Å². The quantitative estimate of drug-likeness (QED) is 0.862. The summed E-state index contributed by atoms with van der Waals surface area (Å²) < 4.78 is 1.90. The van der Waals surface area contributed by atoms with E-state index >= 15 is 0 Å². The van der Waals surface area contributed by atoms with Crippen LogP contribution in [0.5, 0.6) is 0 Å². The summed E-state index contributed by atoms with van der Waals surface area (Å²) in [7, 11) is 0. The molecule has 25 heavy (non-hydrogen) atoms. The van der Waals surface area contributed by atoms with Gasteiger partial charge in [-0.3, -0.25) is 4.79 Å². The van der Waals surface area contributed by atoms with E-state index in [2.05, 4.69) is 20.9 Å². The predicted octanol–water partition coefficient (Wildman–Crippen LogP) is 2.32. The standard InChI is InChI=1S/C18H27N5O.ClH/c24-17(16-11-23(22-21-16)15-1-3-19-4-2-15)20-18-8-12-5-13(9-18)7-14(6-12)10-18;/h11-15,19H,1-10H2,(H,20,24);1H. The molecule has 6 rings (SSSR count). The van der Waals surface area contributed by atoms with Gasteiger partial charge in [-0.05, 0) is 82.2 Å². The first kappa shape index (κ1) is 17.3. The topological polar surface area (TPSA) is 71.8 Å². The van der Waals surface area contributed by atoms with Gasteiger partial charge in [0.05, 0.1) is 12.2 Å². The second kappa shape index (κ2) is 6.54. The van der Waals surface area contributed by atoms with Gasteiger partial charge in [-0.1, -0.05) is 5.21 Å². The molecule has 1 amide bonds. The smallest absolute Gasteiger partial charge is 0.273 e. The van der Waals surface area contributed by atoms with Crippen molar-refractivity contribution in [1.29, 1.82) is 0 Å². The van der Waals surface area contributed by atoms with Crippen molar-refractivity contribution in [2.24, 2.45) is 17.8 Å². The number of hydrogen-bond acceptors (Lipinski definition) is 4. The minimum absolute atomic E-state index is 0. The van der Waals surface area contributed by atoms with Crippen LogP contribution in [0.4, 0.5) is 0 Å². The molecule has 2 N–H and O–H groups in total. The van der Waals surface area contributed by atoms with Crippen LogP contribution < -0.4 is 10.6 Å². The van der Waals surface area contributed by atoms with Gasteiger partial charge in [0.1, 0.15) is 0 Å². The molecule has 4 aliphatic carbocycles. The van der Waals surface area contributed by atoms with Crippen molar-refractivity contribution >= 4 is 18.3 Å². The molecule has 1 aromatic heterocycles. The highest BCUT2D eigenvalue weighted by Gasteiger charge is 2.51. The first-order chi connectivity index (χ1) is 11.7. The zero-order valence-corrected chi connectivity index (χ0v) is 15.4. The van der Waals surface area contributed by atoms with Crippen LogP contribution in [0.2, 0.25) is 0 Å². The third-order valence-electron chi connectivity index (χ3n) is 6.84. The Morgan fingerprint density at radius 1 is 1.12 bits per heavy atom. The molecule has 0 radical (unpaired) electrons. The summed E-state index contributed by atoms with van der Waals surface area (Å²) in [6.45, 7) is 2.03. The van der Waals surface area contributed by atoms with Crippen molar-refractivity contribution in [3.05, 3.63) is 11.9 Å². The molecule has 4 bridgehead atoms. The van der Waals surface area contributed by atoms with Crippen molar-refractivity contribution in [2.75, 3.05) is 13.1 Å². The molecule has 0 aromatic carbocycles. The fourth-order valence-corrected chi connectivity index (χ4v) is 6.20. The van der Waals surface area contributed by atoms with Gasteiger partial charge in [-0.2, -0.15) is 0 Å². The molecule has 2 heterocycles. The predicted molar refractivity (Wildman–Crippen MR) is 96.8 cm³/mol. The van der Waals surface area contributed by atoms with Crippen LogP contribution in [0.15, 0.2) is 6.20 Å². The Hall–Kier alpha value is -1.14. The maximum absolute atomic E-state index is 12.8. The Bertz CT molecular complexity index is 604. The average molecular weight is 366 g/mol. The van der Waals surface area contributed by atoms with Gasteiger partial charge >= 0.3 is 0 Å². The molecular weight excluding hydrogens is 338 g/mol. The summed E-state index contributed by atoms with van der Waals surface area (Å²) in [6, 6.07) is 0.375. The molecule has 7 heteroatoms. The van der Waals surface area contributed by atoms with Crippen LogP contribution in [0.1, 0.15) is 67.9 Å². The van der Waals surface area contributed by atoms with Gasteiger partial charge in [-0.25, -0.2) is 4.68 Å². The summed E-state index contributed by atoms with van der Waals surface area (Å²) in [5.74, 6) is 2.49. The van der Waals surface area contributed by atoms with E-state index in [1.54, 1.807) is 0 Å². The van der Waals surface area contributed by atoms with Gasteiger partial charge in [0.25, 0.3) is 5.91 Å². The molecule has 0 unspecified atom stereocenters. The van der Waals surface area contributed by atoms with Crippen molar-refractivity contribution in [3.8, 4) is 0 Å². The molecule has 138 valence electrons. The van der Waals surface area contributed by atoms with Crippen LogP contribution in [0, 0.1) is 17.8 Å². The lowest BCUT2D eigenvalue weighted by Crippen LogP contribution is -2.59. The third-order valence-corrected chi connectivity index (χ3v) is 6.84. The highest BCUT2D eigenvalue weighted by molar-refractivity contribution is 5.92. The Morgan fingerprint density at radius 2 is 1.72 bits per heavy atom. The van der Waals surface area contributed by atoms with Gasteiger partial charge < -0.3 is 10.6 Å². The summed E-state index contributed by atoms with van der Waals surface area (Å²) in [5.41, 5.74) is 0.536. The number of halogens is 1. The van der Waals surface area contributed by atoms with Crippen LogP contribution in [-0.2, 0) is 0 Å². The number of nitrogens with one attached hydrogen (secondary N) is 2. The SMILES string of the molecule is Cl.O=C(NC12CC3CC(CC(C3)C1)C2)c1cn(C2CCNCC2)nn1. The minimum Gasteiger partial charge on any atom is -0.345 e. The Morgan fingerprint density at radius 3 is 2.32 bits per heavy atom. The van der Waals surface area contributed by atoms with E-state index in [0.717, 1.165) is 43.7 Å². The highest BCUT2D eigenvalue weighted by atomic mass is 35.5. The van der Waals surface area contributed by atoms with Crippen molar-refractivity contribution in [3.63, 3.8) is 0 Å². The number of carbonyl (C=O) groups excluding carboxylic acids is 1. The van der Waals surface area contributed by atoms with Crippen LogP contribution in [0.3, 0.4) is 0 Å². The molecule has 5 fully saturated rings. The van der Waals surface area contributed by atoms with Gasteiger partial charge in [-0.15, -0.1) is 17.5 Å². The molecular formula is C18H28ClN5O. The highest BCUT2D eigenvalue weighted by Crippen LogP contribution is 2.55. The first-order valence-corrected chi connectivity index (χ1v) is 9.64. The molecule has 1 aromatic rings. The van der Waals surface area contributed by atoms with Crippen molar-refractivity contribution in [2.45, 2.75) is 62.9 Å². The number of aromatic nitrogens is 3. The molecule has 0 spiro atoms. The lowest BCUT2D eigenvalue weighted by atomic mass is 9.53. The van der Waals surface area contributed by atoms with E-state index in [0.29, 0.717) is 11.7 Å². The van der Waals surface area contributed by atoms with E-state index in [4.69, 9.17) is 0 Å². The van der Waals surface area contributed by atoms with Gasteiger partial charge in [0, 0.05) is 5.54 Å². The Labute approximate surface area is 154 Å². The summed E-state index contributed by atoms with van der Waals surface area (Å²) in [6.07, 6.45) is 11.7. The van der Waals surface area contributed by atoms with E-state index < -0.39 is 0 Å². The third kappa shape index (κ3) is 3.19. The summed E-state index contributed by atoms with van der Waals surface area (Å²) >= 11 is 0. The average Bonchev–Trinajstić information content (AvgIpc) is 3.04. The van der Waals surface area contributed by atoms with E-state index in [9.17, 15) is 4.79 Å². The number of rotatable bonds is 3. The first-order valence-electron chi connectivity index (χ1n) is 9.64. The molecule has 0 atom stereocenters. The maximum Gasteiger partial charge on any atom is 0.273 e. The number of piperidine rings is 1. The largest absolute Gasteiger partial charge is 0.345 e. The molecule has 5 aliphatic rings. The zero-order valence-electron chi connectivity index (χ0n) is 14.6. The monoisotopic (exact) mass is 365 g/mol. The van der Waals surface area contributed by atoms with E-state index in [1.807, 2.05) is 10.9 Å². The number of amides is 1. The zero-order chi connectivity index (χ0) is 16.1. The van der Waals surface area contributed by atoms with Crippen LogP contribution >= 0.6 is 12.4 Å². The fourth-order valence-electron chi connectivity index (χ4n) is 6.20. The van der Waals surface area contributed by atoms with E-state index in [1.165, 1.54) is 38.5 Å². The summed E-state index contributed by atoms with van der Waals surface area (Å²) in [4.78, 5) is 12.8. The fraction of sp³-hybridized carbons (Fsp3) is 0.833. The second-order valence-electron chi connectivity index (χ2n) is 8.72. The lowest BCUT2D eigenvalue weighted by molar-refractivity contribution is -0.0167. The van der Waals surface area contributed by atoms with Gasteiger partial charge in [0.2, 0.25) is 0 Å². The molecule has 6 nitrogen and oxygen atoms in total. The second-order valence-corrected chi connectivity index (χ2v) is 8.72. The normalized spacial score (nSPS) is 36.9. The van der Waals surface area contributed by atoms with Crippen molar-refractivity contribution in [1.82, 2.24) is 25.6 Å². The molecule has 1 aliphatic heterocycles. The Balaban J connectivity index is 0.00000157. The lowest BCUT2D eigenvalue weighted by Gasteiger charge is -2.56.